The number of benzene rings is 3. The van der Waals surface area contributed by atoms with Crippen LogP contribution in [-0.4, -0.2) is 178 Å². The molecule has 352 valence electrons. The zero-order valence-electron chi connectivity index (χ0n) is 33.8. The maximum absolute atomic E-state index is 14.4. The summed E-state index contributed by atoms with van der Waals surface area (Å²) in [4.78, 5) is 26.9. The first-order chi connectivity index (χ1) is 30.9. The average Bonchev–Trinajstić information content (AvgIpc) is 3.28. The Kier molecular flexibility index (Phi) is 14.2. The van der Waals surface area contributed by atoms with Gasteiger partial charge in [-0.15, -0.1) is 0 Å². The summed E-state index contributed by atoms with van der Waals surface area (Å²) < 4.78 is 45.6. The lowest BCUT2D eigenvalue weighted by molar-refractivity contribution is -0.355. The number of hydrogen-bond acceptors (Lipinski definition) is 23. The molecule has 15 unspecified atom stereocenters. The molecule has 0 spiro atoms. The van der Waals surface area contributed by atoms with Gasteiger partial charge in [-0.3, -0.25) is 4.79 Å². The van der Waals surface area contributed by atoms with Crippen LogP contribution in [0.3, 0.4) is 0 Å². The molecule has 65 heavy (non-hydrogen) atoms. The fraction of sp³-hybridized carbons (Fsp3) is 0.429. The average molecular weight is 919 g/mol. The maximum atomic E-state index is 14.4. The standard InChI is InChI=1S/C42H46O23/c1-15-28(49)34(55)39(65-41-36(57)33(54)30(51)25(63-41)14-58-26(48)9-4-16-2-6-18(44)7-3-16)42(59-15)64-38-31(52)27-22(47)11-19(60-40-35(56)32(53)29(50)24(13-43)62-40)12-23(27)61-37(38)17-5-8-20(45)21(46)10-17/h2-12,15,24-25,28-30,32-36,39-47,49-51,53-57H,13-14H2,1H3/b9-4+. The minimum atomic E-state index is -2.06. The number of aromatic hydroxyl groups is 4. The number of phenolic OH excluding ortho intramolecular Hbond substituents is 4. The zero-order valence-corrected chi connectivity index (χ0v) is 33.8. The van der Waals surface area contributed by atoms with Crippen molar-refractivity contribution in [2.75, 3.05) is 13.2 Å². The molecule has 13 N–H and O–H groups in total. The van der Waals surface area contributed by atoms with Crippen LogP contribution in [-0.2, 0) is 28.5 Å². The fourth-order valence-electron chi connectivity index (χ4n) is 7.23. The summed E-state index contributed by atoms with van der Waals surface area (Å²) in [5, 5.41) is 136. The van der Waals surface area contributed by atoms with Crippen LogP contribution in [0.15, 0.2) is 69.9 Å². The zero-order chi connectivity index (χ0) is 47.0. The Balaban J connectivity index is 1.19. The van der Waals surface area contributed by atoms with Gasteiger partial charge in [0.05, 0.1) is 12.7 Å². The van der Waals surface area contributed by atoms with E-state index in [1.807, 2.05) is 0 Å². The molecule has 1 aromatic heterocycles. The summed E-state index contributed by atoms with van der Waals surface area (Å²) >= 11 is 0. The van der Waals surface area contributed by atoms with Gasteiger partial charge in [0.1, 0.15) is 95.9 Å². The number of aliphatic hydroxyl groups is 9. The van der Waals surface area contributed by atoms with Gasteiger partial charge in [0.25, 0.3) is 0 Å². The van der Waals surface area contributed by atoms with Gasteiger partial charge in [0.15, 0.2) is 29.7 Å². The van der Waals surface area contributed by atoms with E-state index in [2.05, 4.69) is 0 Å². The predicted octanol–water partition coefficient (Wildman–Crippen LogP) is -2.24. The third-order valence-corrected chi connectivity index (χ3v) is 10.9. The third-order valence-electron chi connectivity index (χ3n) is 10.9. The summed E-state index contributed by atoms with van der Waals surface area (Å²) in [6.45, 7) is -0.163. The Morgan fingerprint density at radius 1 is 0.677 bits per heavy atom. The van der Waals surface area contributed by atoms with Crippen molar-refractivity contribution in [1.29, 1.82) is 0 Å². The van der Waals surface area contributed by atoms with Gasteiger partial charge < -0.3 is 104 Å². The second-order valence-electron chi connectivity index (χ2n) is 15.4. The highest BCUT2D eigenvalue weighted by atomic mass is 16.8. The number of carbonyl (C=O) groups is 1. The fourth-order valence-corrected chi connectivity index (χ4v) is 7.23. The monoisotopic (exact) mass is 918 g/mol. The van der Waals surface area contributed by atoms with Gasteiger partial charge in [-0.25, -0.2) is 4.79 Å². The van der Waals surface area contributed by atoms with Crippen LogP contribution in [0.5, 0.6) is 34.5 Å². The number of carbonyl (C=O) groups excluding carboxylic acids is 1. The van der Waals surface area contributed by atoms with Crippen molar-refractivity contribution in [3.05, 3.63) is 76.5 Å². The van der Waals surface area contributed by atoms with E-state index in [4.69, 9.17) is 37.6 Å². The van der Waals surface area contributed by atoms with Gasteiger partial charge in [-0.05, 0) is 48.9 Å². The van der Waals surface area contributed by atoms with Gasteiger partial charge in [0, 0.05) is 23.8 Å². The molecular weight excluding hydrogens is 872 g/mol. The van der Waals surface area contributed by atoms with Crippen LogP contribution < -0.4 is 14.9 Å². The number of ether oxygens (including phenoxy) is 7. The second kappa shape index (κ2) is 19.4. The van der Waals surface area contributed by atoms with Gasteiger partial charge in [-0.2, -0.15) is 0 Å². The number of esters is 1. The highest BCUT2D eigenvalue weighted by Gasteiger charge is 2.51. The number of hydrogen-bond donors (Lipinski definition) is 13. The molecule has 0 radical (unpaired) electrons. The van der Waals surface area contributed by atoms with Gasteiger partial charge in [-0.1, -0.05) is 12.1 Å². The molecule has 3 fully saturated rings. The Bertz CT molecular complexity index is 2400. The first-order valence-corrected chi connectivity index (χ1v) is 19.9. The van der Waals surface area contributed by atoms with Crippen molar-refractivity contribution in [2.45, 2.75) is 99.0 Å². The van der Waals surface area contributed by atoms with E-state index in [9.17, 15) is 76.0 Å². The topological polar surface area (TPSA) is 375 Å². The molecule has 7 rings (SSSR count). The largest absolute Gasteiger partial charge is 0.508 e. The van der Waals surface area contributed by atoms with E-state index in [1.165, 1.54) is 43.3 Å². The predicted molar refractivity (Wildman–Crippen MR) is 214 cm³/mol. The second-order valence-corrected chi connectivity index (χ2v) is 15.4. The normalized spacial score (nSPS) is 32.9. The first-order valence-electron chi connectivity index (χ1n) is 19.9. The highest BCUT2D eigenvalue weighted by molar-refractivity contribution is 5.89. The van der Waals surface area contributed by atoms with Crippen LogP contribution in [0.4, 0.5) is 0 Å². The van der Waals surface area contributed by atoms with E-state index in [0.29, 0.717) is 5.56 Å². The Morgan fingerprint density at radius 2 is 1.34 bits per heavy atom. The van der Waals surface area contributed by atoms with Crippen molar-refractivity contribution in [1.82, 2.24) is 0 Å². The summed E-state index contributed by atoms with van der Waals surface area (Å²) in [6.07, 6.45) is -24.4. The van der Waals surface area contributed by atoms with Gasteiger partial charge >= 0.3 is 5.97 Å². The summed E-state index contributed by atoms with van der Waals surface area (Å²) in [7, 11) is 0. The van der Waals surface area contributed by atoms with Crippen LogP contribution in [0.1, 0.15) is 12.5 Å². The summed E-state index contributed by atoms with van der Waals surface area (Å²) in [5.41, 5.74) is -1.19. The number of aliphatic hydroxyl groups excluding tert-OH is 9. The molecule has 0 bridgehead atoms. The van der Waals surface area contributed by atoms with Crippen molar-refractivity contribution < 1.29 is 109 Å². The lowest BCUT2D eigenvalue weighted by atomic mass is 9.97. The Hall–Kier alpha value is -5.64. The molecule has 3 saturated heterocycles. The molecular formula is C42H46O23. The van der Waals surface area contributed by atoms with E-state index >= 15 is 0 Å². The lowest BCUT2D eigenvalue weighted by Gasteiger charge is -2.45. The molecule has 3 aliphatic rings. The van der Waals surface area contributed by atoms with E-state index in [1.54, 1.807) is 0 Å². The molecule has 23 heteroatoms. The quantitative estimate of drug-likeness (QED) is 0.0406. The molecule has 3 aromatic carbocycles. The van der Waals surface area contributed by atoms with Crippen molar-refractivity contribution in [2.24, 2.45) is 0 Å². The molecule has 4 aromatic rings. The highest BCUT2D eigenvalue weighted by Crippen LogP contribution is 2.41. The Morgan fingerprint density at radius 3 is 2.02 bits per heavy atom. The smallest absolute Gasteiger partial charge is 0.330 e. The minimum absolute atomic E-state index is 0.000991. The summed E-state index contributed by atoms with van der Waals surface area (Å²) in [6, 6.07) is 10.9. The number of fused-ring (bicyclic) bond motifs is 1. The third kappa shape index (κ3) is 9.83. The van der Waals surface area contributed by atoms with Crippen LogP contribution >= 0.6 is 0 Å². The Labute approximate surface area is 365 Å². The molecule has 15 atom stereocenters. The van der Waals surface area contributed by atoms with Crippen LogP contribution in [0, 0.1) is 0 Å². The molecule has 0 amide bonds. The number of phenols is 4. The molecule has 4 heterocycles. The van der Waals surface area contributed by atoms with Crippen LogP contribution in [0.2, 0.25) is 0 Å². The first kappa shape index (κ1) is 47.3. The van der Waals surface area contributed by atoms with Crippen molar-refractivity contribution >= 4 is 23.0 Å². The van der Waals surface area contributed by atoms with Crippen LogP contribution in [0.25, 0.3) is 28.4 Å². The molecule has 0 saturated carbocycles. The molecule has 0 aliphatic carbocycles. The summed E-state index contributed by atoms with van der Waals surface area (Å²) in [5.74, 6) is -4.66. The van der Waals surface area contributed by atoms with E-state index < -0.39 is 156 Å². The van der Waals surface area contributed by atoms with Crippen molar-refractivity contribution in [3.63, 3.8) is 0 Å². The van der Waals surface area contributed by atoms with Gasteiger partial charge in [0.2, 0.25) is 23.8 Å². The lowest BCUT2D eigenvalue weighted by Crippen LogP contribution is -2.64. The molecule has 23 nitrogen and oxygen atoms in total. The maximum Gasteiger partial charge on any atom is 0.330 e. The number of rotatable bonds is 12. The van der Waals surface area contributed by atoms with Crippen molar-refractivity contribution in [3.8, 4) is 45.8 Å². The minimum Gasteiger partial charge on any atom is -0.508 e. The van der Waals surface area contributed by atoms with E-state index in [-0.39, 0.29) is 17.1 Å². The molecule has 3 aliphatic heterocycles. The van der Waals surface area contributed by atoms with E-state index in [0.717, 1.165) is 30.3 Å². The SMILES string of the molecule is CC1OC(Oc2c(-c3ccc(O)c(O)c3)oc3cc(OC4OC(CO)C(O)C(O)C4O)cc(O)c3c2=O)C(OC2OC(COC(=O)/C=C/c3ccc(O)cc3)C(O)C(O)C2O)C(O)C1O.